The molecule has 2 saturated carbocycles. The van der Waals surface area contributed by atoms with Crippen molar-refractivity contribution in [1.82, 2.24) is 0 Å². The van der Waals surface area contributed by atoms with Crippen molar-refractivity contribution in [3.63, 3.8) is 0 Å². The van der Waals surface area contributed by atoms with Gasteiger partial charge in [-0.2, -0.15) is 0 Å². The summed E-state index contributed by atoms with van der Waals surface area (Å²) >= 11 is 0. The maximum Gasteiger partial charge on any atom is 0.0839 e. The second kappa shape index (κ2) is 5.08. The molecule has 0 bridgehead atoms. The summed E-state index contributed by atoms with van der Waals surface area (Å²) in [6, 6.07) is 0. The van der Waals surface area contributed by atoms with Crippen molar-refractivity contribution in [2.45, 2.75) is 83.8 Å². The summed E-state index contributed by atoms with van der Waals surface area (Å²) < 4.78 is 6.65. The third kappa shape index (κ3) is 2.21. The molecular formula is C20H34O2. The van der Waals surface area contributed by atoms with Gasteiger partial charge < -0.3 is 9.84 Å². The van der Waals surface area contributed by atoms with Crippen LogP contribution in [0.2, 0.25) is 0 Å². The normalized spacial score (nSPS) is 55.1. The maximum absolute atomic E-state index is 10.0. The summed E-state index contributed by atoms with van der Waals surface area (Å²) in [4.78, 5) is 0. The van der Waals surface area contributed by atoms with Crippen LogP contribution < -0.4 is 0 Å². The van der Waals surface area contributed by atoms with E-state index in [4.69, 9.17) is 4.74 Å². The van der Waals surface area contributed by atoms with Crippen LogP contribution in [0.15, 0.2) is 12.7 Å². The van der Waals surface area contributed by atoms with Gasteiger partial charge in [0.1, 0.15) is 0 Å². The van der Waals surface area contributed by atoms with Gasteiger partial charge in [0.05, 0.1) is 11.2 Å². The van der Waals surface area contributed by atoms with Crippen LogP contribution in [0.3, 0.4) is 0 Å². The van der Waals surface area contributed by atoms with Crippen LogP contribution in [-0.2, 0) is 4.74 Å². The van der Waals surface area contributed by atoms with Crippen LogP contribution in [0.5, 0.6) is 0 Å². The molecule has 0 radical (unpaired) electrons. The molecule has 3 aliphatic rings. The highest BCUT2D eigenvalue weighted by Gasteiger charge is 2.61. The highest BCUT2D eigenvalue weighted by Crippen LogP contribution is 2.65. The number of aliphatic hydroxyl groups excluding tert-OH is 1. The average Bonchev–Trinajstić information content (AvgIpc) is 2.46. The third-order valence-electron chi connectivity index (χ3n) is 7.75. The van der Waals surface area contributed by atoms with Crippen LogP contribution in [0, 0.1) is 22.7 Å². The average molecular weight is 306 g/mol. The Kier molecular flexibility index (Phi) is 3.81. The molecule has 0 spiro atoms. The third-order valence-corrected chi connectivity index (χ3v) is 7.75. The van der Waals surface area contributed by atoms with E-state index in [1.165, 1.54) is 32.1 Å². The number of aliphatic hydroxyl groups is 1. The van der Waals surface area contributed by atoms with Crippen LogP contribution in [0.1, 0.15) is 72.6 Å². The molecule has 3 rings (SSSR count). The van der Waals surface area contributed by atoms with E-state index < -0.39 is 0 Å². The Morgan fingerprint density at radius 2 is 1.73 bits per heavy atom. The van der Waals surface area contributed by atoms with E-state index in [1.54, 1.807) is 0 Å². The second-order valence-corrected chi connectivity index (χ2v) is 9.29. The summed E-state index contributed by atoms with van der Waals surface area (Å²) in [5, 5.41) is 10.0. The van der Waals surface area contributed by atoms with Crippen molar-refractivity contribution in [2.24, 2.45) is 22.7 Å². The van der Waals surface area contributed by atoms with Crippen LogP contribution in [0.4, 0.5) is 0 Å². The number of hydrogen-bond acceptors (Lipinski definition) is 2. The van der Waals surface area contributed by atoms with E-state index in [0.29, 0.717) is 23.9 Å². The van der Waals surface area contributed by atoms with Crippen LogP contribution in [-0.4, -0.2) is 22.9 Å². The van der Waals surface area contributed by atoms with E-state index in [2.05, 4.69) is 34.3 Å². The van der Waals surface area contributed by atoms with Crippen molar-refractivity contribution in [3.05, 3.63) is 12.7 Å². The zero-order valence-corrected chi connectivity index (χ0v) is 15.0. The molecule has 2 aliphatic carbocycles. The monoisotopic (exact) mass is 306 g/mol. The molecule has 0 aromatic rings. The molecule has 2 heteroatoms. The molecule has 3 fully saturated rings. The van der Waals surface area contributed by atoms with E-state index in [9.17, 15) is 5.11 Å². The lowest BCUT2D eigenvalue weighted by Crippen LogP contribution is -2.63. The summed E-state index contributed by atoms with van der Waals surface area (Å²) in [6.45, 7) is 13.7. The molecule has 22 heavy (non-hydrogen) atoms. The van der Waals surface area contributed by atoms with Gasteiger partial charge in [0.15, 0.2) is 0 Å². The van der Waals surface area contributed by atoms with E-state index in [-0.39, 0.29) is 16.6 Å². The molecule has 1 N–H and O–H groups in total. The van der Waals surface area contributed by atoms with Crippen molar-refractivity contribution in [1.29, 1.82) is 0 Å². The maximum atomic E-state index is 10.0. The standard InChI is InChI=1S/C20H34O2/c1-6-18(3)12-8-16-19(4)11-7-10-17(2,14-21)15(19)9-13-20(16,5)22-18/h6,15-16,21H,1,7-14H2,2-5H3/t15?,16?,17-,18+,19-,20+/m0/s1. The summed E-state index contributed by atoms with van der Waals surface area (Å²) in [6.07, 6.45) is 10.3. The lowest BCUT2D eigenvalue weighted by Gasteiger charge is -2.65. The Balaban J connectivity index is 1.94. The molecular weight excluding hydrogens is 272 g/mol. The fourth-order valence-corrected chi connectivity index (χ4v) is 6.52. The Morgan fingerprint density at radius 1 is 1.05 bits per heavy atom. The quantitative estimate of drug-likeness (QED) is 0.748. The number of ether oxygens (including phenoxy) is 1. The highest BCUT2D eigenvalue weighted by atomic mass is 16.5. The predicted octanol–water partition coefficient (Wildman–Crippen LogP) is 4.72. The smallest absolute Gasteiger partial charge is 0.0839 e. The topological polar surface area (TPSA) is 29.5 Å². The summed E-state index contributed by atoms with van der Waals surface area (Å²) in [5.41, 5.74) is 0.224. The van der Waals surface area contributed by atoms with Crippen molar-refractivity contribution in [2.75, 3.05) is 6.61 Å². The first-order valence-electron chi connectivity index (χ1n) is 9.16. The minimum absolute atomic E-state index is 0.0276. The number of rotatable bonds is 2. The van der Waals surface area contributed by atoms with Gasteiger partial charge in [0, 0.05) is 6.61 Å². The zero-order chi connectivity index (χ0) is 16.2. The molecule has 0 aromatic heterocycles. The largest absolute Gasteiger partial charge is 0.396 e. The fraction of sp³-hybridized carbons (Fsp3) is 0.900. The first kappa shape index (κ1) is 16.5. The van der Waals surface area contributed by atoms with Gasteiger partial charge in [-0.3, -0.25) is 0 Å². The van der Waals surface area contributed by atoms with Gasteiger partial charge >= 0.3 is 0 Å². The van der Waals surface area contributed by atoms with Crippen molar-refractivity contribution >= 4 is 0 Å². The van der Waals surface area contributed by atoms with Gasteiger partial charge in [0.2, 0.25) is 0 Å². The van der Waals surface area contributed by atoms with Crippen molar-refractivity contribution < 1.29 is 9.84 Å². The highest BCUT2D eigenvalue weighted by molar-refractivity contribution is 5.13. The molecule has 1 aliphatic heterocycles. The minimum Gasteiger partial charge on any atom is -0.396 e. The van der Waals surface area contributed by atoms with Gasteiger partial charge in [-0.1, -0.05) is 26.3 Å². The minimum atomic E-state index is -0.163. The zero-order valence-electron chi connectivity index (χ0n) is 15.0. The first-order valence-corrected chi connectivity index (χ1v) is 9.16. The molecule has 2 unspecified atom stereocenters. The van der Waals surface area contributed by atoms with Gasteiger partial charge in [-0.15, -0.1) is 6.58 Å². The summed E-state index contributed by atoms with van der Waals surface area (Å²) in [7, 11) is 0. The number of hydrogen-bond donors (Lipinski definition) is 1. The molecule has 1 heterocycles. The Morgan fingerprint density at radius 3 is 2.36 bits per heavy atom. The van der Waals surface area contributed by atoms with Gasteiger partial charge in [-0.25, -0.2) is 0 Å². The SMILES string of the molecule is C=C[C@]1(C)CCC2[C@@]3(C)CCC[C@@](C)(CO)C3CC[C@@]2(C)O1. The number of fused-ring (bicyclic) bond motifs is 3. The Bertz CT molecular complexity index is 461. The van der Waals surface area contributed by atoms with E-state index in [1.807, 2.05) is 6.08 Å². The van der Waals surface area contributed by atoms with E-state index in [0.717, 1.165) is 12.8 Å². The van der Waals surface area contributed by atoms with Crippen LogP contribution >= 0.6 is 0 Å². The first-order chi connectivity index (χ1) is 10.2. The predicted molar refractivity (Wildman–Crippen MR) is 90.7 cm³/mol. The Labute approximate surface area is 136 Å². The second-order valence-electron chi connectivity index (χ2n) is 9.29. The molecule has 126 valence electrons. The lowest BCUT2D eigenvalue weighted by molar-refractivity contribution is -0.256. The summed E-state index contributed by atoms with van der Waals surface area (Å²) in [5.74, 6) is 1.24. The molecule has 0 amide bonds. The van der Waals surface area contributed by atoms with Crippen LogP contribution in [0.25, 0.3) is 0 Å². The fourth-order valence-electron chi connectivity index (χ4n) is 6.52. The Hall–Kier alpha value is -0.340. The van der Waals surface area contributed by atoms with Crippen molar-refractivity contribution in [3.8, 4) is 0 Å². The molecule has 6 atom stereocenters. The van der Waals surface area contributed by atoms with Gasteiger partial charge in [0.25, 0.3) is 0 Å². The van der Waals surface area contributed by atoms with E-state index >= 15 is 0 Å². The van der Waals surface area contributed by atoms with Gasteiger partial charge in [-0.05, 0) is 75.0 Å². The molecule has 1 saturated heterocycles. The molecule has 2 nitrogen and oxygen atoms in total. The molecule has 0 aromatic carbocycles. The lowest BCUT2D eigenvalue weighted by atomic mass is 9.44.